The van der Waals surface area contributed by atoms with Crippen molar-refractivity contribution >= 4 is 147 Å². The standard InChI is InChI=1S/C79H125N25O24/c1-10-38(6)62(74(124)91-36-58(110)95-51(32-59(111)112)71(121)99-52(33-60(113)114)72(122)103-63(39(7)11-2)75(125)100-50(31-55(83)107)70(120)97-48(77(127)128)20-16-28-89-79(86)87)104-76(126)64(40(8)12-3)102-65(115)41(9)92-69(119)49(30-42-21-22-43-17-13-14-18-44(43)29-42)98-67(117)47(24-26-54(82)106)96-66(116)45(19-15-27-88-78(84)85)94-57(109)35-90-73(123)61(37(4)5)101-68(118)46(23-25-53(81)105)93-56(108)34-80/h13-14,17-18,21-22,29,37-41,45-52,61-64H,10-12,15-16,19-20,23-28,30-36,80H2,1-9H3,(H2,81,105)(H2,82,106)(H2,83,107)(H,90,123)(H,91,124)(H,92,119)(H,93,108)(H,94,109)(H,95,110)(H,96,116)(H,97,120)(H,98,117)(H,99,121)(H,100,125)(H,101,118)(H,102,115)(H,103,122)(H,104,126)(H,111,112)(H,113,114)(H,127,128)(H4,84,85,88)(H4,86,87,89)/t38-,39-,40-,41-,45-,46-,47-,48-,49-,50-,51-,52-,61-,62-,63-,64-/m0/s1. The van der Waals surface area contributed by atoms with Crippen molar-refractivity contribution in [1.82, 2.24) is 79.8 Å². The van der Waals surface area contributed by atoms with Gasteiger partial charge in [0.05, 0.1) is 38.9 Å². The minimum absolute atomic E-state index is 0.0106. The second-order valence-corrected chi connectivity index (χ2v) is 30.9. The number of carboxylic acid groups (broad SMARTS) is 3. The Morgan fingerprint density at radius 3 is 1.16 bits per heavy atom. The lowest BCUT2D eigenvalue weighted by Gasteiger charge is -2.30. The van der Waals surface area contributed by atoms with E-state index in [1.165, 1.54) is 13.8 Å². The molecule has 49 nitrogen and oxygen atoms in total. The molecule has 128 heavy (non-hydrogen) atoms. The number of fused-ring (bicyclic) bond motifs is 1. The summed E-state index contributed by atoms with van der Waals surface area (Å²) in [5.74, 6) is -27.5. The molecule has 18 amide bonds. The zero-order chi connectivity index (χ0) is 96.9. The van der Waals surface area contributed by atoms with Crippen molar-refractivity contribution in [1.29, 1.82) is 0 Å². The van der Waals surface area contributed by atoms with E-state index in [0.717, 1.165) is 5.39 Å². The second kappa shape index (κ2) is 56.1. The van der Waals surface area contributed by atoms with Crippen LogP contribution in [-0.4, -0.2) is 263 Å². The van der Waals surface area contributed by atoms with Gasteiger partial charge in [-0.1, -0.05) is 117 Å². The van der Waals surface area contributed by atoms with E-state index in [4.69, 9.17) is 45.9 Å². The van der Waals surface area contributed by atoms with Gasteiger partial charge in [-0.25, -0.2) is 4.79 Å². The molecule has 0 spiro atoms. The lowest BCUT2D eigenvalue weighted by atomic mass is 9.94. The van der Waals surface area contributed by atoms with Crippen LogP contribution in [-0.2, 0) is 107 Å². The van der Waals surface area contributed by atoms with Crippen molar-refractivity contribution in [2.75, 3.05) is 32.7 Å². The van der Waals surface area contributed by atoms with Crippen molar-refractivity contribution in [2.45, 2.75) is 237 Å². The monoisotopic (exact) mass is 1810 g/mol. The quantitative estimate of drug-likeness (QED) is 0.0166. The van der Waals surface area contributed by atoms with Crippen molar-refractivity contribution in [3.05, 3.63) is 48.0 Å². The predicted molar refractivity (Wildman–Crippen MR) is 459 cm³/mol. The van der Waals surface area contributed by atoms with E-state index in [1.54, 1.807) is 84.9 Å². The number of hydrogen-bond acceptors (Lipinski definition) is 24. The number of aliphatic imine (C=N–C) groups is 2. The number of primary amides is 3. The van der Waals surface area contributed by atoms with Gasteiger partial charge in [0, 0.05) is 32.4 Å². The van der Waals surface area contributed by atoms with Gasteiger partial charge in [-0.15, -0.1) is 0 Å². The third-order valence-corrected chi connectivity index (χ3v) is 20.2. The average Bonchev–Trinajstić information content (AvgIpc) is 0.847. The van der Waals surface area contributed by atoms with E-state index in [-0.39, 0.29) is 89.2 Å². The largest absolute Gasteiger partial charge is 0.481 e. The SMILES string of the molecule is CC[C@H](C)[C@H](NC(=O)[C@H](C)NC(=O)[C@H](Cc1ccc2ccccc2c1)NC(=O)[C@H](CCC(N)=O)NC(=O)[C@H](CCCN=C(N)N)NC(=O)CNC(=O)[C@@H](NC(=O)[C@H](CCC(N)=O)NC(=O)CN)C(C)C)C(=O)N[C@H](C(=O)NCC(=O)N[C@@H](CC(=O)O)C(=O)N[C@@H](CC(=O)O)C(=O)N[C@H](C(=O)N[C@@H](CC(N)=O)C(=O)N[C@@H](CCCN=C(N)N)C(=O)O)[C@@H](C)CC)[C@@H](C)CC. The van der Waals surface area contributed by atoms with E-state index in [0.29, 0.717) is 10.9 Å². The molecule has 0 saturated heterocycles. The number of benzene rings is 2. The molecule has 49 heteroatoms. The van der Waals surface area contributed by atoms with Crippen molar-refractivity contribution in [3.8, 4) is 0 Å². The molecule has 0 aliphatic carbocycles. The molecule has 0 saturated carbocycles. The Bertz CT molecular complexity index is 4330. The normalized spacial score (nSPS) is 14.7. The minimum atomic E-state index is -2.14. The minimum Gasteiger partial charge on any atom is -0.481 e. The first-order valence-electron chi connectivity index (χ1n) is 41.3. The van der Waals surface area contributed by atoms with Crippen LogP contribution in [0.25, 0.3) is 10.8 Å². The maximum absolute atomic E-state index is 14.8. The number of guanidine groups is 2. The van der Waals surface area contributed by atoms with Crippen molar-refractivity contribution < 1.29 is 116 Å². The fourth-order valence-electron chi connectivity index (χ4n) is 12.3. The molecule has 0 heterocycles. The molecule has 2 aromatic rings. The Hall–Kier alpha value is -13.9. The van der Waals surface area contributed by atoms with Crippen LogP contribution < -0.4 is 126 Å². The van der Waals surface area contributed by atoms with Gasteiger partial charge in [0.25, 0.3) is 0 Å². The van der Waals surface area contributed by atoms with Gasteiger partial charge < -0.3 is 141 Å². The van der Waals surface area contributed by atoms with Crippen LogP contribution in [0.4, 0.5) is 0 Å². The van der Waals surface area contributed by atoms with E-state index in [1.807, 2.05) is 11.4 Å². The number of nitrogens with zero attached hydrogens (tertiary/aromatic N) is 2. The molecule has 0 fully saturated rings. The summed E-state index contributed by atoms with van der Waals surface area (Å²) >= 11 is 0. The Morgan fingerprint density at radius 2 is 0.703 bits per heavy atom. The van der Waals surface area contributed by atoms with E-state index >= 15 is 0 Å². The molecular weight excluding hydrogens is 1680 g/mol. The third kappa shape index (κ3) is 40.8. The van der Waals surface area contributed by atoms with Crippen molar-refractivity contribution in [3.63, 3.8) is 0 Å². The molecule has 2 aromatic carbocycles. The summed E-state index contributed by atoms with van der Waals surface area (Å²) in [4.78, 5) is 289. The van der Waals surface area contributed by atoms with Gasteiger partial charge in [-0.05, 0) is 85.5 Å². The van der Waals surface area contributed by atoms with Gasteiger partial charge in [-0.3, -0.25) is 106 Å². The van der Waals surface area contributed by atoms with E-state index in [2.05, 4.69) is 84.4 Å². The summed E-state index contributed by atoms with van der Waals surface area (Å²) in [6, 6.07) is -9.26. The number of rotatable bonds is 60. The Labute approximate surface area is 737 Å². The van der Waals surface area contributed by atoms with Crippen LogP contribution in [0.5, 0.6) is 0 Å². The van der Waals surface area contributed by atoms with Crippen molar-refractivity contribution in [2.24, 2.45) is 79.5 Å². The smallest absolute Gasteiger partial charge is 0.326 e. The fraction of sp³-hybridized carbons (Fsp3) is 0.582. The Balaban J connectivity index is 2.48. The zero-order valence-electron chi connectivity index (χ0n) is 72.9. The number of carboxylic acids is 3. The first-order valence-corrected chi connectivity index (χ1v) is 41.3. The summed E-state index contributed by atoms with van der Waals surface area (Å²) < 4.78 is 0. The number of nitrogens with two attached hydrogens (primary N) is 8. The maximum Gasteiger partial charge on any atom is 0.326 e. The number of hydrogen-bond donors (Lipinski definition) is 26. The fourth-order valence-corrected chi connectivity index (χ4v) is 12.3. The van der Waals surface area contributed by atoms with Crippen LogP contribution in [0.15, 0.2) is 52.4 Å². The van der Waals surface area contributed by atoms with Gasteiger partial charge in [0.2, 0.25) is 106 Å². The van der Waals surface area contributed by atoms with Gasteiger partial charge in [0.15, 0.2) is 11.9 Å². The first-order chi connectivity index (χ1) is 60.1. The maximum atomic E-state index is 14.8. The molecule has 0 unspecified atom stereocenters. The summed E-state index contributed by atoms with van der Waals surface area (Å²) in [6.45, 7) is 11.3. The highest BCUT2D eigenvalue weighted by atomic mass is 16.4. The molecule has 2 rings (SSSR count). The van der Waals surface area contributed by atoms with Gasteiger partial charge in [-0.2, -0.15) is 0 Å². The lowest BCUT2D eigenvalue weighted by Crippen LogP contribution is -2.61. The van der Waals surface area contributed by atoms with Crippen LogP contribution in [0.3, 0.4) is 0 Å². The highest BCUT2D eigenvalue weighted by Crippen LogP contribution is 2.20. The second-order valence-electron chi connectivity index (χ2n) is 30.9. The van der Waals surface area contributed by atoms with Crippen LogP contribution >= 0.6 is 0 Å². The predicted octanol–water partition coefficient (Wildman–Crippen LogP) is -8.76. The molecule has 710 valence electrons. The molecule has 0 aliphatic rings. The average molecular weight is 1810 g/mol. The summed E-state index contributed by atoms with van der Waals surface area (Å²) in [5, 5.41) is 66.7. The van der Waals surface area contributed by atoms with Crippen LogP contribution in [0.2, 0.25) is 0 Å². The topological polar surface area (TPSA) is 832 Å². The number of carbonyl (C=O) groups excluding carboxylic acids is 18. The molecular formula is C79H125N25O24. The number of nitrogens with one attached hydrogen (secondary N) is 15. The molecule has 0 aromatic heterocycles. The van der Waals surface area contributed by atoms with Crippen LogP contribution in [0.1, 0.15) is 158 Å². The Morgan fingerprint density at radius 1 is 0.352 bits per heavy atom. The number of amides is 18. The highest BCUT2D eigenvalue weighted by Gasteiger charge is 2.40. The van der Waals surface area contributed by atoms with Gasteiger partial charge in [0.1, 0.15) is 78.5 Å². The van der Waals surface area contributed by atoms with Gasteiger partial charge >= 0.3 is 17.9 Å². The Kier molecular flexibility index (Phi) is 48.3. The van der Waals surface area contributed by atoms with Crippen LogP contribution in [0, 0.1) is 23.7 Å². The summed E-state index contributed by atoms with van der Waals surface area (Å²) in [6.07, 6.45) is -5.18. The zero-order valence-corrected chi connectivity index (χ0v) is 72.9. The van der Waals surface area contributed by atoms with E-state index < -0.39 is 278 Å². The molecule has 0 radical (unpaired) electrons. The third-order valence-electron chi connectivity index (χ3n) is 20.2. The summed E-state index contributed by atoms with van der Waals surface area (Å²) in [7, 11) is 0. The number of carbonyl (C=O) groups is 21. The molecule has 0 aliphatic heterocycles. The molecule has 16 atom stereocenters. The summed E-state index contributed by atoms with van der Waals surface area (Å²) in [5.41, 5.74) is 43.7. The van der Waals surface area contributed by atoms with E-state index in [9.17, 15) is 116 Å². The molecule has 34 N–H and O–H groups in total. The lowest BCUT2D eigenvalue weighted by molar-refractivity contribution is -0.143. The highest BCUT2D eigenvalue weighted by molar-refractivity contribution is 6.02. The first kappa shape index (κ1) is 110. The number of aliphatic carboxylic acids is 3. The molecule has 0 bridgehead atoms.